The number of rotatable bonds is 3. The van der Waals surface area contributed by atoms with Crippen LogP contribution in [0.2, 0.25) is 0 Å². The van der Waals surface area contributed by atoms with Crippen LogP contribution >= 0.6 is 0 Å². The standard InChI is InChI=1S/C6H12N2O.C3H4O2/c1-4(6(8)9)3-5(2)7;1-2-3(4)5/h3,5H,7H2,1-2H3,(H2,8,9);2H,1H2,(H,4,5). The van der Waals surface area contributed by atoms with Crippen LogP contribution in [-0.4, -0.2) is 23.0 Å². The SMILES string of the molecule is C=CC(=O)O.CC(=CC(C)N)C(N)=O. The summed E-state index contributed by atoms with van der Waals surface area (Å²) in [5.41, 5.74) is 10.8. The van der Waals surface area contributed by atoms with Crippen molar-refractivity contribution in [2.75, 3.05) is 0 Å². The normalized spacial score (nSPS) is 12.1. The van der Waals surface area contributed by atoms with Gasteiger partial charge in [-0.1, -0.05) is 12.7 Å². The number of carboxylic acid groups (broad SMARTS) is 1. The number of hydrogen-bond donors (Lipinski definition) is 3. The number of primary amides is 1. The van der Waals surface area contributed by atoms with E-state index in [0.29, 0.717) is 5.57 Å². The predicted molar refractivity (Wildman–Crippen MR) is 54.4 cm³/mol. The molecule has 0 aromatic rings. The summed E-state index contributed by atoms with van der Waals surface area (Å²) in [6.07, 6.45) is 2.46. The predicted octanol–water partition coefficient (Wildman–Crippen LogP) is 0.0222. The summed E-state index contributed by atoms with van der Waals surface area (Å²) in [5, 5.41) is 7.60. The first kappa shape index (κ1) is 14.9. The number of amides is 1. The van der Waals surface area contributed by atoms with Crippen LogP contribution in [0.1, 0.15) is 13.8 Å². The van der Waals surface area contributed by atoms with Crippen molar-refractivity contribution in [2.45, 2.75) is 19.9 Å². The summed E-state index contributed by atoms with van der Waals surface area (Å²) in [6, 6.07) is -0.0995. The molecule has 0 aromatic carbocycles. The molecule has 0 rings (SSSR count). The van der Waals surface area contributed by atoms with Gasteiger partial charge in [-0.05, 0) is 13.8 Å². The first-order chi connectivity index (χ1) is 6.31. The van der Waals surface area contributed by atoms with Crippen LogP contribution in [-0.2, 0) is 9.59 Å². The van der Waals surface area contributed by atoms with E-state index in [9.17, 15) is 9.59 Å². The zero-order valence-electron chi connectivity index (χ0n) is 8.36. The maximum Gasteiger partial charge on any atom is 0.327 e. The zero-order chi connectivity index (χ0) is 11.7. The van der Waals surface area contributed by atoms with E-state index in [1.165, 1.54) is 0 Å². The Morgan fingerprint density at radius 3 is 1.93 bits per heavy atom. The summed E-state index contributed by atoms with van der Waals surface area (Å²) in [4.78, 5) is 19.6. The van der Waals surface area contributed by atoms with E-state index in [-0.39, 0.29) is 6.04 Å². The van der Waals surface area contributed by atoms with Gasteiger partial charge < -0.3 is 16.6 Å². The van der Waals surface area contributed by atoms with Crippen molar-refractivity contribution in [3.63, 3.8) is 0 Å². The van der Waals surface area contributed by atoms with E-state index in [1.807, 2.05) is 0 Å². The van der Waals surface area contributed by atoms with E-state index in [2.05, 4.69) is 6.58 Å². The summed E-state index contributed by atoms with van der Waals surface area (Å²) < 4.78 is 0. The highest BCUT2D eigenvalue weighted by Gasteiger charge is 1.96. The third-order valence-corrected chi connectivity index (χ3v) is 1.08. The molecule has 0 radical (unpaired) electrons. The molecule has 0 spiro atoms. The molecule has 5 heteroatoms. The molecule has 0 aliphatic rings. The first-order valence-corrected chi connectivity index (χ1v) is 3.90. The Morgan fingerprint density at radius 1 is 1.50 bits per heavy atom. The maximum absolute atomic E-state index is 10.3. The van der Waals surface area contributed by atoms with Gasteiger partial charge in [0.2, 0.25) is 5.91 Å². The zero-order valence-corrected chi connectivity index (χ0v) is 8.36. The highest BCUT2D eigenvalue weighted by molar-refractivity contribution is 5.91. The van der Waals surface area contributed by atoms with Crippen molar-refractivity contribution in [2.24, 2.45) is 11.5 Å². The lowest BCUT2D eigenvalue weighted by atomic mass is 10.2. The van der Waals surface area contributed by atoms with Crippen molar-refractivity contribution in [1.29, 1.82) is 0 Å². The van der Waals surface area contributed by atoms with E-state index in [0.717, 1.165) is 6.08 Å². The van der Waals surface area contributed by atoms with Crippen molar-refractivity contribution in [1.82, 2.24) is 0 Å². The van der Waals surface area contributed by atoms with Gasteiger partial charge in [-0.2, -0.15) is 0 Å². The molecule has 5 N–H and O–H groups in total. The molecular weight excluding hydrogens is 184 g/mol. The van der Waals surface area contributed by atoms with Gasteiger partial charge in [-0.15, -0.1) is 0 Å². The number of aliphatic carboxylic acids is 1. The van der Waals surface area contributed by atoms with E-state index in [4.69, 9.17) is 16.6 Å². The summed E-state index contributed by atoms with van der Waals surface area (Å²) in [5.74, 6) is -1.39. The molecule has 1 unspecified atom stereocenters. The molecule has 80 valence electrons. The lowest BCUT2D eigenvalue weighted by molar-refractivity contribution is -0.131. The van der Waals surface area contributed by atoms with Crippen LogP contribution in [0.4, 0.5) is 0 Å². The summed E-state index contributed by atoms with van der Waals surface area (Å²) >= 11 is 0. The Morgan fingerprint density at radius 2 is 1.86 bits per heavy atom. The van der Waals surface area contributed by atoms with Crippen molar-refractivity contribution < 1.29 is 14.7 Å². The highest BCUT2D eigenvalue weighted by Crippen LogP contribution is 1.91. The molecule has 1 amide bonds. The number of hydrogen-bond acceptors (Lipinski definition) is 3. The average Bonchev–Trinajstić information content (AvgIpc) is 2.04. The van der Waals surface area contributed by atoms with Gasteiger partial charge >= 0.3 is 5.97 Å². The third kappa shape index (κ3) is 13.0. The molecule has 0 fully saturated rings. The maximum atomic E-state index is 10.3. The second kappa shape index (κ2) is 8.00. The Kier molecular flexibility index (Phi) is 8.50. The molecule has 0 saturated carbocycles. The van der Waals surface area contributed by atoms with Crippen molar-refractivity contribution in [3.05, 3.63) is 24.3 Å². The molecule has 14 heavy (non-hydrogen) atoms. The quantitative estimate of drug-likeness (QED) is 0.558. The molecule has 0 bridgehead atoms. The lowest BCUT2D eigenvalue weighted by Gasteiger charge is -1.96. The number of nitrogens with two attached hydrogens (primary N) is 2. The van der Waals surface area contributed by atoms with Gasteiger partial charge in [0.25, 0.3) is 0 Å². The van der Waals surface area contributed by atoms with Crippen molar-refractivity contribution >= 4 is 11.9 Å². The Balaban J connectivity index is 0. The minimum absolute atomic E-state index is 0.0995. The first-order valence-electron chi connectivity index (χ1n) is 3.90. The van der Waals surface area contributed by atoms with Gasteiger partial charge in [0, 0.05) is 17.7 Å². The van der Waals surface area contributed by atoms with E-state index >= 15 is 0 Å². The second-order valence-corrected chi connectivity index (χ2v) is 2.62. The fourth-order valence-corrected chi connectivity index (χ4v) is 0.476. The van der Waals surface area contributed by atoms with Gasteiger partial charge in [-0.3, -0.25) is 4.79 Å². The smallest absolute Gasteiger partial charge is 0.327 e. The number of carboxylic acids is 1. The van der Waals surface area contributed by atoms with Crippen LogP contribution < -0.4 is 11.5 Å². The minimum Gasteiger partial charge on any atom is -0.478 e. The van der Waals surface area contributed by atoms with Crippen LogP contribution in [0.25, 0.3) is 0 Å². The topological polar surface area (TPSA) is 106 Å². The monoisotopic (exact) mass is 200 g/mol. The van der Waals surface area contributed by atoms with Crippen molar-refractivity contribution in [3.8, 4) is 0 Å². The molecule has 0 heterocycles. The fraction of sp³-hybridized carbons (Fsp3) is 0.333. The third-order valence-electron chi connectivity index (χ3n) is 1.08. The Bertz CT molecular complexity index is 244. The van der Waals surface area contributed by atoms with Gasteiger partial charge in [0.15, 0.2) is 0 Å². The Labute approximate surface area is 83.1 Å². The fourth-order valence-electron chi connectivity index (χ4n) is 0.476. The Hall–Kier alpha value is -1.62. The van der Waals surface area contributed by atoms with Crippen LogP contribution in [0.3, 0.4) is 0 Å². The van der Waals surface area contributed by atoms with Crippen LogP contribution in [0.15, 0.2) is 24.3 Å². The highest BCUT2D eigenvalue weighted by atomic mass is 16.4. The van der Waals surface area contributed by atoms with Gasteiger partial charge in [0.05, 0.1) is 0 Å². The van der Waals surface area contributed by atoms with E-state index < -0.39 is 11.9 Å². The largest absolute Gasteiger partial charge is 0.478 e. The van der Waals surface area contributed by atoms with Crippen LogP contribution in [0.5, 0.6) is 0 Å². The van der Waals surface area contributed by atoms with Gasteiger partial charge in [0.1, 0.15) is 0 Å². The summed E-state index contributed by atoms with van der Waals surface area (Å²) in [7, 11) is 0. The number of carbonyl (C=O) groups is 2. The lowest BCUT2D eigenvalue weighted by Crippen LogP contribution is -2.17. The second-order valence-electron chi connectivity index (χ2n) is 2.62. The molecular formula is C9H16N2O3. The van der Waals surface area contributed by atoms with Gasteiger partial charge in [-0.25, -0.2) is 4.79 Å². The average molecular weight is 200 g/mol. The minimum atomic E-state index is -0.981. The molecule has 0 saturated heterocycles. The number of carbonyl (C=O) groups excluding carboxylic acids is 1. The molecule has 0 aromatic heterocycles. The van der Waals surface area contributed by atoms with E-state index in [1.54, 1.807) is 19.9 Å². The molecule has 0 aliphatic heterocycles. The molecule has 5 nitrogen and oxygen atoms in total. The molecule has 0 aliphatic carbocycles. The van der Waals surface area contributed by atoms with Crippen LogP contribution in [0, 0.1) is 0 Å². The molecule has 1 atom stereocenters. The summed E-state index contributed by atoms with van der Waals surface area (Å²) in [6.45, 7) is 6.39.